The van der Waals surface area contributed by atoms with E-state index in [9.17, 15) is 5.11 Å². The van der Waals surface area contributed by atoms with Gasteiger partial charge in [0, 0.05) is 0 Å². The Morgan fingerprint density at radius 2 is 1.26 bits per heavy atom. The van der Waals surface area contributed by atoms with Crippen molar-refractivity contribution in [3.05, 3.63) is 47.5 Å². The molecule has 27 heavy (non-hydrogen) atoms. The third-order valence-corrected chi connectivity index (χ3v) is 5.15. The van der Waals surface area contributed by atoms with Crippen LogP contribution in [0, 0.1) is 11.8 Å². The molecule has 0 spiro atoms. The third kappa shape index (κ3) is 4.86. The van der Waals surface area contributed by atoms with Gasteiger partial charge in [-0.1, -0.05) is 26.0 Å². The van der Waals surface area contributed by atoms with Crippen molar-refractivity contribution in [1.29, 1.82) is 0 Å². The summed E-state index contributed by atoms with van der Waals surface area (Å²) in [6.07, 6.45) is 0.228. The van der Waals surface area contributed by atoms with Gasteiger partial charge >= 0.3 is 0 Å². The fraction of sp³-hybridized carbons (Fsp3) is 0.455. The third-order valence-electron chi connectivity index (χ3n) is 5.15. The van der Waals surface area contributed by atoms with Crippen LogP contribution in [0.25, 0.3) is 0 Å². The predicted octanol–water partition coefficient (Wildman–Crippen LogP) is 4.27. The maximum atomic E-state index is 10.9. The molecular weight excluding hydrogens is 344 g/mol. The molecule has 148 valence electrons. The van der Waals surface area contributed by atoms with Crippen molar-refractivity contribution in [2.75, 3.05) is 28.4 Å². The van der Waals surface area contributed by atoms with Gasteiger partial charge in [-0.25, -0.2) is 0 Å². The molecule has 5 nitrogen and oxygen atoms in total. The zero-order chi connectivity index (χ0) is 20.0. The Bertz CT molecular complexity index is 743. The van der Waals surface area contributed by atoms with Gasteiger partial charge < -0.3 is 24.1 Å². The van der Waals surface area contributed by atoms with E-state index >= 15 is 0 Å². The van der Waals surface area contributed by atoms with Crippen molar-refractivity contribution in [1.82, 2.24) is 0 Å². The maximum absolute atomic E-state index is 10.9. The monoisotopic (exact) mass is 374 g/mol. The first kappa shape index (κ1) is 20.9. The maximum Gasteiger partial charge on any atom is 0.161 e. The zero-order valence-corrected chi connectivity index (χ0v) is 17.0. The first-order valence-corrected chi connectivity index (χ1v) is 9.06. The van der Waals surface area contributed by atoms with Gasteiger partial charge in [0.05, 0.1) is 34.5 Å². The Kier molecular flexibility index (Phi) is 7.36. The minimum atomic E-state index is -0.597. The van der Waals surface area contributed by atoms with Gasteiger partial charge in [0.15, 0.2) is 23.0 Å². The first-order chi connectivity index (χ1) is 12.9. The van der Waals surface area contributed by atoms with Gasteiger partial charge in [-0.2, -0.15) is 0 Å². The largest absolute Gasteiger partial charge is 0.493 e. The summed E-state index contributed by atoms with van der Waals surface area (Å²) in [5.74, 6) is 3.01. The molecular formula is C22H30O5. The van der Waals surface area contributed by atoms with Gasteiger partial charge in [-0.05, 0) is 53.6 Å². The van der Waals surface area contributed by atoms with E-state index in [4.69, 9.17) is 18.9 Å². The molecule has 5 heteroatoms. The highest BCUT2D eigenvalue weighted by molar-refractivity contribution is 5.44. The second-order valence-corrected chi connectivity index (χ2v) is 6.79. The van der Waals surface area contributed by atoms with Gasteiger partial charge in [0.2, 0.25) is 0 Å². The van der Waals surface area contributed by atoms with E-state index < -0.39 is 6.10 Å². The molecule has 0 radical (unpaired) electrons. The fourth-order valence-electron chi connectivity index (χ4n) is 3.22. The van der Waals surface area contributed by atoms with Crippen LogP contribution in [-0.4, -0.2) is 33.5 Å². The molecule has 0 saturated carbocycles. The van der Waals surface area contributed by atoms with Crippen LogP contribution in [0.3, 0.4) is 0 Å². The smallest absolute Gasteiger partial charge is 0.161 e. The molecule has 0 heterocycles. The predicted molar refractivity (Wildman–Crippen MR) is 106 cm³/mol. The van der Waals surface area contributed by atoms with Gasteiger partial charge in [-0.3, -0.25) is 0 Å². The lowest BCUT2D eigenvalue weighted by Crippen LogP contribution is -2.19. The van der Waals surface area contributed by atoms with Gasteiger partial charge in [0.1, 0.15) is 0 Å². The summed E-state index contributed by atoms with van der Waals surface area (Å²) in [4.78, 5) is 0. The van der Waals surface area contributed by atoms with Crippen molar-refractivity contribution in [3.8, 4) is 23.0 Å². The molecule has 3 atom stereocenters. The number of aliphatic hydroxyl groups is 1. The molecule has 0 amide bonds. The summed E-state index contributed by atoms with van der Waals surface area (Å²) in [5.41, 5.74) is 1.96. The second kappa shape index (κ2) is 9.51. The SMILES string of the molecule is COc1ccc(C[C@@H](C)[C@H](C)[C@@H](O)c2ccc(OC)c(OC)c2)cc1OC. The molecule has 2 aromatic rings. The molecule has 0 aliphatic rings. The summed E-state index contributed by atoms with van der Waals surface area (Å²) in [6.45, 7) is 4.21. The van der Waals surface area contributed by atoms with E-state index in [1.165, 1.54) is 0 Å². The Morgan fingerprint density at radius 3 is 1.81 bits per heavy atom. The van der Waals surface area contributed by atoms with Crippen molar-refractivity contribution in [2.45, 2.75) is 26.4 Å². The van der Waals surface area contributed by atoms with Crippen LogP contribution in [0.5, 0.6) is 23.0 Å². The Labute approximate surface area is 161 Å². The highest BCUT2D eigenvalue weighted by atomic mass is 16.5. The number of aliphatic hydroxyl groups excluding tert-OH is 1. The van der Waals surface area contributed by atoms with E-state index in [-0.39, 0.29) is 11.8 Å². The quantitative estimate of drug-likeness (QED) is 0.710. The number of methoxy groups -OCH3 is 4. The van der Waals surface area contributed by atoms with E-state index in [1.807, 2.05) is 36.4 Å². The van der Waals surface area contributed by atoms with Crippen molar-refractivity contribution >= 4 is 0 Å². The Hall–Kier alpha value is -2.40. The van der Waals surface area contributed by atoms with E-state index in [0.717, 1.165) is 23.3 Å². The molecule has 0 saturated heterocycles. The molecule has 0 bridgehead atoms. The summed E-state index contributed by atoms with van der Waals surface area (Å²) in [7, 11) is 6.45. The van der Waals surface area contributed by atoms with Crippen LogP contribution in [0.1, 0.15) is 31.1 Å². The molecule has 0 unspecified atom stereocenters. The summed E-state index contributed by atoms with van der Waals surface area (Å²) >= 11 is 0. The molecule has 0 aliphatic heterocycles. The van der Waals surface area contributed by atoms with Crippen molar-refractivity contribution < 1.29 is 24.1 Å². The van der Waals surface area contributed by atoms with Crippen molar-refractivity contribution in [2.24, 2.45) is 11.8 Å². The minimum Gasteiger partial charge on any atom is -0.493 e. The lowest BCUT2D eigenvalue weighted by Gasteiger charge is -2.26. The highest BCUT2D eigenvalue weighted by Gasteiger charge is 2.24. The fourth-order valence-corrected chi connectivity index (χ4v) is 3.22. The average Bonchev–Trinajstić information content (AvgIpc) is 2.71. The number of benzene rings is 2. The van der Waals surface area contributed by atoms with Gasteiger partial charge in [0.25, 0.3) is 0 Å². The van der Waals surface area contributed by atoms with E-state index in [1.54, 1.807) is 28.4 Å². The second-order valence-electron chi connectivity index (χ2n) is 6.79. The average molecular weight is 374 g/mol. The zero-order valence-electron chi connectivity index (χ0n) is 17.0. The summed E-state index contributed by atoms with van der Waals surface area (Å²) < 4.78 is 21.3. The van der Waals surface area contributed by atoms with Crippen molar-refractivity contribution in [3.63, 3.8) is 0 Å². The van der Waals surface area contributed by atoms with Crippen LogP contribution in [0.15, 0.2) is 36.4 Å². The van der Waals surface area contributed by atoms with Crippen LogP contribution in [0.2, 0.25) is 0 Å². The summed E-state index contributed by atoms with van der Waals surface area (Å²) in [5, 5.41) is 10.9. The standard InChI is InChI=1S/C22H30O5/c1-14(11-16-7-9-18(24-3)20(12-16)26-5)15(2)22(23)17-8-10-19(25-4)21(13-17)27-6/h7-10,12-15,22-23H,11H2,1-6H3/t14-,15+,22-/m1/s1. The highest BCUT2D eigenvalue weighted by Crippen LogP contribution is 2.36. The first-order valence-electron chi connectivity index (χ1n) is 9.06. The summed E-state index contributed by atoms with van der Waals surface area (Å²) in [6, 6.07) is 11.5. The van der Waals surface area contributed by atoms with Crippen LogP contribution < -0.4 is 18.9 Å². The topological polar surface area (TPSA) is 57.2 Å². The van der Waals surface area contributed by atoms with Crippen LogP contribution in [-0.2, 0) is 6.42 Å². The number of hydrogen-bond acceptors (Lipinski definition) is 5. The normalized spacial score (nSPS) is 14.2. The van der Waals surface area contributed by atoms with E-state index in [2.05, 4.69) is 13.8 Å². The molecule has 2 rings (SSSR count). The molecule has 0 fully saturated rings. The molecule has 0 aromatic heterocycles. The minimum absolute atomic E-state index is 0.0520. The number of hydrogen-bond donors (Lipinski definition) is 1. The lowest BCUT2D eigenvalue weighted by atomic mass is 9.83. The van der Waals surface area contributed by atoms with Gasteiger partial charge in [-0.15, -0.1) is 0 Å². The number of ether oxygens (including phenoxy) is 4. The Balaban J connectivity index is 2.13. The number of rotatable bonds is 9. The lowest BCUT2D eigenvalue weighted by molar-refractivity contribution is 0.0869. The molecule has 2 aromatic carbocycles. The van der Waals surface area contributed by atoms with E-state index in [0.29, 0.717) is 17.2 Å². The van der Waals surface area contributed by atoms with Crippen LogP contribution >= 0.6 is 0 Å². The molecule has 0 aliphatic carbocycles. The van der Waals surface area contributed by atoms with Crippen LogP contribution in [0.4, 0.5) is 0 Å². The molecule has 1 N–H and O–H groups in total. The Morgan fingerprint density at radius 1 is 0.741 bits per heavy atom.